The number of carboxylic acid groups (broad SMARTS) is 1. The number of hydrogen-bond donors (Lipinski definition) is 4. The Kier molecular flexibility index (Phi) is 9.19. The van der Waals surface area contributed by atoms with E-state index >= 15 is 0 Å². The van der Waals surface area contributed by atoms with Crippen LogP contribution in [-0.4, -0.2) is 29.1 Å². The second-order valence-electron chi connectivity index (χ2n) is 10.7. The second kappa shape index (κ2) is 12.8. The first kappa shape index (κ1) is 28.8. The molecule has 1 aliphatic rings. The molecule has 0 heterocycles. The zero-order chi connectivity index (χ0) is 28.8. The van der Waals surface area contributed by atoms with E-state index in [1.165, 1.54) is 6.07 Å². The van der Waals surface area contributed by atoms with Crippen molar-refractivity contribution in [3.8, 4) is 11.1 Å². The van der Waals surface area contributed by atoms with E-state index < -0.39 is 23.9 Å². The van der Waals surface area contributed by atoms with E-state index in [2.05, 4.69) is 22.0 Å². The molecule has 210 valence electrons. The first-order valence-electron chi connectivity index (χ1n) is 13.7. The van der Waals surface area contributed by atoms with Crippen molar-refractivity contribution in [2.24, 2.45) is 11.8 Å². The molecular weight excluding hydrogens is 509 g/mol. The van der Waals surface area contributed by atoms with Crippen LogP contribution in [0.2, 0.25) is 0 Å². The van der Waals surface area contributed by atoms with Crippen LogP contribution in [0.15, 0.2) is 60.7 Å². The summed E-state index contributed by atoms with van der Waals surface area (Å²) < 4.78 is 14.9. The number of carbonyl (C=O) groups is 3. The highest BCUT2D eigenvalue weighted by molar-refractivity contribution is 6.00. The second-order valence-corrected chi connectivity index (χ2v) is 10.7. The molecule has 0 aromatic heterocycles. The van der Waals surface area contributed by atoms with E-state index in [0.717, 1.165) is 41.5 Å². The Balaban J connectivity index is 1.37. The van der Waals surface area contributed by atoms with Crippen LogP contribution in [0.3, 0.4) is 0 Å². The third kappa shape index (κ3) is 7.25. The predicted molar refractivity (Wildman–Crippen MR) is 155 cm³/mol. The van der Waals surface area contributed by atoms with Crippen molar-refractivity contribution in [2.45, 2.75) is 58.9 Å². The molecule has 0 spiro atoms. The highest BCUT2D eigenvalue weighted by Crippen LogP contribution is 2.32. The fraction of sp³-hybridized carbons (Fsp3) is 0.344. The Morgan fingerprint density at radius 1 is 1.00 bits per heavy atom. The van der Waals surface area contributed by atoms with Gasteiger partial charge in [0, 0.05) is 12.1 Å². The summed E-state index contributed by atoms with van der Waals surface area (Å²) in [5.74, 6) is -1.77. The zero-order valence-electron chi connectivity index (χ0n) is 23.1. The van der Waals surface area contributed by atoms with Gasteiger partial charge in [0.2, 0.25) is 5.91 Å². The number of benzene rings is 3. The molecule has 8 heteroatoms. The molecule has 0 radical (unpaired) electrons. The largest absolute Gasteiger partial charge is 0.480 e. The molecule has 3 amide bonds. The van der Waals surface area contributed by atoms with Gasteiger partial charge < -0.3 is 21.1 Å². The van der Waals surface area contributed by atoms with Gasteiger partial charge in [-0.25, -0.2) is 14.0 Å². The number of amides is 3. The average Bonchev–Trinajstić information content (AvgIpc) is 2.92. The molecule has 7 nitrogen and oxygen atoms in total. The monoisotopic (exact) mass is 545 g/mol. The molecule has 0 fully saturated rings. The Hall–Kier alpha value is -4.20. The molecule has 0 saturated heterocycles. The number of fused-ring (bicyclic) bond motifs is 1. The highest BCUT2D eigenvalue weighted by atomic mass is 19.1. The quantitative estimate of drug-likeness (QED) is 0.244. The van der Waals surface area contributed by atoms with E-state index in [1.807, 2.05) is 51.1 Å². The fourth-order valence-electron chi connectivity index (χ4n) is 5.17. The molecule has 3 unspecified atom stereocenters. The summed E-state index contributed by atoms with van der Waals surface area (Å²) in [5.41, 5.74) is 5.62. The number of hydrogen-bond acceptors (Lipinski definition) is 3. The van der Waals surface area contributed by atoms with Crippen molar-refractivity contribution in [3.05, 3.63) is 83.2 Å². The minimum atomic E-state index is -1.00. The number of aliphatic carboxylic acids is 1. The van der Waals surface area contributed by atoms with Crippen molar-refractivity contribution >= 4 is 29.3 Å². The van der Waals surface area contributed by atoms with Gasteiger partial charge in [-0.3, -0.25) is 4.79 Å². The molecular formula is C32H36FN3O4. The Labute approximate surface area is 234 Å². The van der Waals surface area contributed by atoms with Gasteiger partial charge in [-0.05, 0) is 90.1 Å². The Morgan fingerprint density at radius 3 is 2.45 bits per heavy atom. The van der Waals surface area contributed by atoms with Crippen LogP contribution in [0.5, 0.6) is 0 Å². The number of halogens is 1. The molecule has 40 heavy (non-hydrogen) atoms. The molecule has 3 aromatic rings. The maximum absolute atomic E-state index is 14.9. The van der Waals surface area contributed by atoms with Crippen LogP contribution in [0.1, 0.15) is 49.8 Å². The SMILES string of the molecule is CCC(C)C(NC(=O)CC1CCc2cc(-c3ccc(NC(=O)Nc4cccc(C)c4)c(F)c3)ccc2C1)C(=O)O. The molecule has 1 aliphatic carbocycles. The highest BCUT2D eigenvalue weighted by Gasteiger charge is 2.27. The maximum atomic E-state index is 14.9. The van der Waals surface area contributed by atoms with Crippen LogP contribution < -0.4 is 16.0 Å². The predicted octanol–water partition coefficient (Wildman–Crippen LogP) is 6.56. The molecule has 3 aromatic carbocycles. The molecule has 3 atom stereocenters. The zero-order valence-corrected chi connectivity index (χ0v) is 23.1. The number of carbonyl (C=O) groups excluding carboxylic acids is 2. The lowest BCUT2D eigenvalue weighted by molar-refractivity contribution is -0.143. The summed E-state index contributed by atoms with van der Waals surface area (Å²) in [6.07, 6.45) is 3.30. The van der Waals surface area contributed by atoms with Gasteiger partial charge in [0.05, 0.1) is 5.69 Å². The maximum Gasteiger partial charge on any atom is 0.326 e. The summed E-state index contributed by atoms with van der Waals surface area (Å²) in [6.45, 7) is 5.66. The van der Waals surface area contributed by atoms with Gasteiger partial charge in [-0.1, -0.05) is 56.7 Å². The summed E-state index contributed by atoms with van der Waals surface area (Å²) in [7, 11) is 0. The van der Waals surface area contributed by atoms with Crippen molar-refractivity contribution in [1.29, 1.82) is 0 Å². The van der Waals surface area contributed by atoms with E-state index in [9.17, 15) is 23.9 Å². The van der Waals surface area contributed by atoms with E-state index in [4.69, 9.17) is 0 Å². The third-order valence-electron chi connectivity index (χ3n) is 7.63. The van der Waals surface area contributed by atoms with Crippen LogP contribution in [0, 0.1) is 24.6 Å². The lowest BCUT2D eigenvalue weighted by Gasteiger charge is -2.26. The van der Waals surface area contributed by atoms with Gasteiger partial charge in [-0.15, -0.1) is 0 Å². The first-order valence-corrected chi connectivity index (χ1v) is 13.7. The number of aryl methyl sites for hydroxylation is 2. The lowest BCUT2D eigenvalue weighted by Crippen LogP contribution is -2.45. The molecule has 4 N–H and O–H groups in total. The molecule has 0 saturated carbocycles. The van der Waals surface area contributed by atoms with Gasteiger partial charge in [0.1, 0.15) is 11.9 Å². The van der Waals surface area contributed by atoms with Gasteiger partial charge in [0.15, 0.2) is 0 Å². The Morgan fingerprint density at radius 2 is 1.75 bits per heavy atom. The summed E-state index contributed by atoms with van der Waals surface area (Å²) in [6, 6.07) is 16.7. The minimum Gasteiger partial charge on any atom is -0.480 e. The molecule has 0 aliphatic heterocycles. The van der Waals surface area contributed by atoms with Crippen LogP contribution in [0.4, 0.5) is 20.6 Å². The summed E-state index contributed by atoms with van der Waals surface area (Å²) in [5, 5.41) is 17.4. The van der Waals surface area contributed by atoms with Crippen LogP contribution in [-0.2, 0) is 22.4 Å². The van der Waals surface area contributed by atoms with Crippen molar-refractivity contribution in [2.75, 3.05) is 10.6 Å². The summed E-state index contributed by atoms with van der Waals surface area (Å²) in [4.78, 5) is 36.5. The van der Waals surface area contributed by atoms with Gasteiger partial charge in [0.25, 0.3) is 0 Å². The Bertz CT molecular complexity index is 1410. The standard InChI is InChI=1S/C32H36FN3O4/c1-4-20(3)30(31(38)39)36-29(37)16-21-8-9-23-17-24(11-10-22(23)15-21)25-12-13-28(27(33)18-25)35-32(40)34-26-7-5-6-19(2)14-26/h5-7,10-14,17-18,20-21,30H,4,8-9,15-16H2,1-3H3,(H,36,37)(H,38,39)(H2,34,35,40). The van der Waals surface area contributed by atoms with Crippen LogP contribution in [0.25, 0.3) is 11.1 Å². The van der Waals surface area contributed by atoms with Gasteiger partial charge >= 0.3 is 12.0 Å². The third-order valence-corrected chi connectivity index (χ3v) is 7.63. The van der Waals surface area contributed by atoms with Crippen molar-refractivity contribution < 1.29 is 23.9 Å². The van der Waals surface area contributed by atoms with Gasteiger partial charge in [-0.2, -0.15) is 0 Å². The molecule has 0 bridgehead atoms. The fourth-order valence-corrected chi connectivity index (χ4v) is 5.17. The lowest BCUT2D eigenvalue weighted by atomic mass is 9.81. The normalized spacial score (nSPS) is 15.8. The van der Waals surface area contributed by atoms with E-state index in [1.54, 1.807) is 18.2 Å². The number of anilines is 2. The van der Waals surface area contributed by atoms with E-state index in [0.29, 0.717) is 24.1 Å². The van der Waals surface area contributed by atoms with Crippen molar-refractivity contribution in [3.63, 3.8) is 0 Å². The minimum absolute atomic E-state index is 0.0893. The van der Waals surface area contributed by atoms with Crippen molar-refractivity contribution in [1.82, 2.24) is 5.32 Å². The van der Waals surface area contributed by atoms with E-state index in [-0.39, 0.29) is 23.4 Å². The average molecular weight is 546 g/mol. The van der Waals surface area contributed by atoms with Crippen LogP contribution >= 0.6 is 0 Å². The molecule has 4 rings (SSSR count). The summed E-state index contributed by atoms with van der Waals surface area (Å²) >= 11 is 0. The number of carboxylic acids is 1. The topological polar surface area (TPSA) is 108 Å². The first-order chi connectivity index (χ1) is 19.1. The number of nitrogens with one attached hydrogen (secondary N) is 3. The smallest absolute Gasteiger partial charge is 0.326 e. The number of urea groups is 1. The number of rotatable bonds is 9.